The van der Waals surface area contributed by atoms with Crippen molar-refractivity contribution < 1.29 is 9.15 Å². The lowest BCUT2D eigenvalue weighted by atomic mass is 10.2. The zero-order chi connectivity index (χ0) is 13.7. The van der Waals surface area contributed by atoms with Gasteiger partial charge in [0.05, 0.1) is 18.2 Å². The van der Waals surface area contributed by atoms with E-state index in [2.05, 4.69) is 15.5 Å². The van der Waals surface area contributed by atoms with Crippen LogP contribution >= 0.6 is 0 Å². The van der Waals surface area contributed by atoms with Crippen LogP contribution in [0.25, 0.3) is 11.5 Å². The van der Waals surface area contributed by atoms with E-state index in [1.165, 1.54) is 0 Å². The first kappa shape index (κ1) is 13.5. The minimum atomic E-state index is 0.0468. The number of hydrogen-bond acceptors (Lipinski definition) is 5. The van der Waals surface area contributed by atoms with Crippen LogP contribution in [-0.2, 0) is 0 Å². The number of nitrogens with one attached hydrogen (secondary N) is 1. The van der Waals surface area contributed by atoms with Gasteiger partial charge in [0.25, 0.3) is 5.89 Å². The van der Waals surface area contributed by atoms with Gasteiger partial charge in [0.2, 0.25) is 5.89 Å². The van der Waals surface area contributed by atoms with Gasteiger partial charge >= 0.3 is 0 Å². The van der Waals surface area contributed by atoms with Crippen molar-refractivity contribution in [1.29, 1.82) is 0 Å². The fourth-order valence-corrected chi connectivity index (χ4v) is 1.84. The van der Waals surface area contributed by atoms with Crippen LogP contribution in [0.5, 0.6) is 5.75 Å². The molecule has 2 aromatic rings. The van der Waals surface area contributed by atoms with E-state index in [4.69, 9.17) is 9.15 Å². The van der Waals surface area contributed by atoms with Crippen molar-refractivity contribution in [3.63, 3.8) is 0 Å². The molecular formula is C14H19N3O2. The van der Waals surface area contributed by atoms with Gasteiger partial charge in [-0.15, -0.1) is 10.2 Å². The standard InChI is InChI=1S/C14H19N3O2/c1-4-15-10(3)13-16-17-14(19-13)11-8-6-7-9-12(11)18-5-2/h6-10,15H,4-5H2,1-3H3. The molecule has 5 heteroatoms. The molecule has 0 aliphatic carbocycles. The Balaban J connectivity index is 2.27. The zero-order valence-electron chi connectivity index (χ0n) is 11.5. The fraction of sp³-hybridized carbons (Fsp3) is 0.429. The highest BCUT2D eigenvalue weighted by atomic mass is 16.5. The molecular weight excluding hydrogens is 242 g/mol. The minimum Gasteiger partial charge on any atom is -0.493 e. The van der Waals surface area contributed by atoms with Gasteiger partial charge < -0.3 is 14.5 Å². The summed E-state index contributed by atoms with van der Waals surface area (Å²) in [5, 5.41) is 11.4. The summed E-state index contributed by atoms with van der Waals surface area (Å²) in [6.07, 6.45) is 0. The van der Waals surface area contributed by atoms with Crippen LogP contribution in [0.1, 0.15) is 32.7 Å². The molecule has 0 aliphatic heterocycles. The van der Waals surface area contributed by atoms with Gasteiger partial charge in [-0.3, -0.25) is 0 Å². The van der Waals surface area contributed by atoms with Crippen molar-refractivity contribution in [3.05, 3.63) is 30.2 Å². The second kappa shape index (κ2) is 6.33. The molecule has 0 spiro atoms. The number of ether oxygens (including phenoxy) is 1. The number of para-hydroxylation sites is 1. The summed E-state index contributed by atoms with van der Waals surface area (Å²) in [5.41, 5.74) is 0.826. The highest BCUT2D eigenvalue weighted by Crippen LogP contribution is 2.29. The first-order valence-electron chi connectivity index (χ1n) is 6.55. The van der Waals surface area contributed by atoms with Crippen molar-refractivity contribution >= 4 is 0 Å². The normalized spacial score (nSPS) is 12.4. The van der Waals surface area contributed by atoms with Gasteiger partial charge in [-0.25, -0.2) is 0 Å². The van der Waals surface area contributed by atoms with E-state index in [0.29, 0.717) is 18.4 Å². The number of hydrogen-bond donors (Lipinski definition) is 1. The lowest BCUT2D eigenvalue weighted by Gasteiger charge is -2.07. The molecule has 0 aliphatic rings. The monoisotopic (exact) mass is 261 g/mol. The first-order chi connectivity index (χ1) is 9.26. The Bertz CT molecular complexity index is 525. The van der Waals surface area contributed by atoms with Crippen LogP contribution in [0.3, 0.4) is 0 Å². The third-order valence-corrected chi connectivity index (χ3v) is 2.74. The Labute approximate surface area is 113 Å². The largest absolute Gasteiger partial charge is 0.493 e. The third-order valence-electron chi connectivity index (χ3n) is 2.74. The molecule has 0 fully saturated rings. The van der Waals surface area contributed by atoms with Gasteiger partial charge in [-0.05, 0) is 32.5 Å². The van der Waals surface area contributed by atoms with E-state index < -0.39 is 0 Å². The Hall–Kier alpha value is -1.88. The second-order valence-corrected chi connectivity index (χ2v) is 4.15. The van der Waals surface area contributed by atoms with Crippen molar-refractivity contribution in [1.82, 2.24) is 15.5 Å². The van der Waals surface area contributed by atoms with Crippen LogP contribution in [0.15, 0.2) is 28.7 Å². The van der Waals surface area contributed by atoms with Crippen LogP contribution in [-0.4, -0.2) is 23.3 Å². The number of nitrogens with zero attached hydrogens (tertiary/aromatic N) is 2. The maximum Gasteiger partial charge on any atom is 0.251 e. The number of rotatable bonds is 6. The smallest absolute Gasteiger partial charge is 0.251 e. The molecule has 102 valence electrons. The fourth-order valence-electron chi connectivity index (χ4n) is 1.84. The Morgan fingerprint density at radius 3 is 2.79 bits per heavy atom. The third kappa shape index (κ3) is 3.12. The molecule has 0 bridgehead atoms. The van der Waals surface area contributed by atoms with Gasteiger partial charge in [0.1, 0.15) is 5.75 Å². The summed E-state index contributed by atoms with van der Waals surface area (Å²) >= 11 is 0. The molecule has 0 saturated carbocycles. The van der Waals surface area contributed by atoms with Crippen molar-refractivity contribution in [3.8, 4) is 17.2 Å². The van der Waals surface area contributed by atoms with Gasteiger partial charge in [-0.1, -0.05) is 19.1 Å². The van der Waals surface area contributed by atoms with Crippen molar-refractivity contribution in [2.75, 3.05) is 13.2 Å². The molecule has 0 radical (unpaired) electrons. The van der Waals surface area contributed by atoms with E-state index in [0.717, 1.165) is 17.9 Å². The molecule has 2 rings (SSSR count). The number of benzene rings is 1. The van der Waals surface area contributed by atoms with E-state index in [1.54, 1.807) is 0 Å². The Morgan fingerprint density at radius 1 is 1.26 bits per heavy atom. The van der Waals surface area contributed by atoms with Crippen LogP contribution in [0.2, 0.25) is 0 Å². The lowest BCUT2D eigenvalue weighted by Crippen LogP contribution is -2.17. The van der Waals surface area contributed by atoms with Gasteiger partial charge in [0.15, 0.2) is 0 Å². The lowest BCUT2D eigenvalue weighted by molar-refractivity contribution is 0.340. The summed E-state index contributed by atoms with van der Waals surface area (Å²) in [4.78, 5) is 0. The Kier molecular flexibility index (Phi) is 4.52. The molecule has 1 atom stereocenters. The summed E-state index contributed by atoms with van der Waals surface area (Å²) in [6, 6.07) is 7.71. The van der Waals surface area contributed by atoms with Crippen molar-refractivity contribution in [2.24, 2.45) is 0 Å². The molecule has 1 heterocycles. The molecule has 5 nitrogen and oxygen atoms in total. The van der Waals surface area contributed by atoms with E-state index >= 15 is 0 Å². The maximum atomic E-state index is 5.71. The highest BCUT2D eigenvalue weighted by Gasteiger charge is 2.16. The predicted octanol–water partition coefficient (Wildman–Crippen LogP) is 2.81. The topological polar surface area (TPSA) is 60.2 Å². The highest BCUT2D eigenvalue weighted by molar-refractivity contribution is 5.62. The van der Waals surface area contributed by atoms with Gasteiger partial charge in [-0.2, -0.15) is 0 Å². The maximum absolute atomic E-state index is 5.71. The van der Waals surface area contributed by atoms with Gasteiger partial charge in [0, 0.05) is 0 Å². The molecule has 0 amide bonds. The first-order valence-corrected chi connectivity index (χ1v) is 6.55. The molecule has 0 saturated heterocycles. The van der Waals surface area contributed by atoms with E-state index in [-0.39, 0.29) is 6.04 Å². The predicted molar refractivity (Wildman–Crippen MR) is 73.0 cm³/mol. The summed E-state index contributed by atoms with van der Waals surface area (Å²) in [7, 11) is 0. The Morgan fingerprint density at radius 2 is 2.05 bits per heavy atom. The quantitative estimate of drug-likeness (QED) is 0.866. The van der Waals surface area contributed by atoms with E-state index in [9.17, 15) is 0 Å². The summed E-state index contributed by atoms with van der Waals surface area (Å²) < 4.78 is 11.3. The van der Waals surface area contributed by atoms with Crippen LogP contribution in [0.4, 0.5) is 0 Å². The van der Waals surface area contributed by atoms with Crippen LogP contribution < -0.4 is 10.1 Å². The molecule has 1 aromatic carbocycles. The zero-order valence-corrected chi connectivity index (χ0v) is 11.5. The summed E-state index contributed by atoms with van der Waals surface area (Å²) in [5.74, 6) is 1.84. The SMILES string of the molecule is CCNC(C)c1nnc(-c2ccccc2OCC)o1. The second-order valence-electron chi connectivity index (χ2n) is 4.15. The molecule has 1 N–H and O–H groups in total. The molecule has 1 aromatic heterocycles. The molecule has 19 heavy (non-hydrogen) atoms. The van der Waals surface area contributed by atoms with E-state index in [1.807, 2.05) is 45.0 Å². The minimum absolute atomic E-state index is 0.0468. The average Bonchev–Trinajstić information content (AvgIpc) is 2.90. The molecule has 1 unspecified atom stereocenters. The van der Waals surface area contributed by atoms with Crippen molar-refractivity contribution in [2.45, 2.75) is 26.8 Å². The average molecular weight is 261 g/mol. The number of aromatic nitrogens is 2. The van der Waals surface area contributed by atoms with Crippen LogP contribution in [0, 0.1) is 0 Å². The summed E-state index contributed by atoms with van der Waals surface area (Å²) in [6.45, 7) is 7.44.